The van der Waals surface area contributed by atoms with Gasteiger partial charge < -0.3 is 9.47 Å². The van der Waals surface area contributed by atoms with Crippen LogP contribution >= 0.6 is 0 Å². The number of hydrogen-bond acceptors (Lipinski definition) is 4. The Labute approximate surface area is 111 Å². The van der Waals surface area contributed by atoms with E-state index in [1.807, 2.05) is 12.1 Å². The maximum atomic E-state index is 11.7. The van der Waals surface area contributed by atoms with Crippen LogP contribution in [-0.4, -0.2) is 19.0 Å². The van der Waals surface area contributed by atoms with Crippen LogP contribution in [0, 0.1) is 0 Å². The van der Waals surface area contributed by atoms with Crippen molar-refractivity contribution >= 4 is 18.0 Å². The van der Waals surface area contributed by atoms with Crippen molar-refractivity contribution in [3.8, 4) is 5.75 Å². The topological polar surface area (TPSA) is 52.6 Å². The molecule has 0 bridgehead atoms. The number of esters is 2. The van der Waals surface area contributed by atoms with E-state index in [4.69, 9.17) is 4.74 Å². The minimum atomic E-state index is -0.600. The van der Waals surface area contributed by atoms with Crippen molar-refractivity contribution in [1.29, 1.82) is 0 Å². The van der Waals surface area contributed by atoms with Crippen molar-refractivity contribution in [3.63, 3.8) is 0 Å². The van der Waals surface area contributed by atoms with Gasteiger partial charge in [0.2, 0.25) is 0 Å². The second-order valence-corrected chi connectivity index (χ2v) is 4.38. The predicted octanol–water partition coefficient (Wildman–Crippen LogP) is 2.50. The lowest BCUT2D eigenvalue weighted by atomic mass is 10.0. The average molecular weight is 258 g/mol. The van der Waals surface area contributed by atoms with Crippen LogP contribution in [0.4, 0.5) is 0 Å². The van der Waals surface area contributed by atoms with Crippen LogP contribution in [0.25, 0.3) is 6.08 Å². The van der Waals surface area contributed by atoms with Crippen LogP contribution in [0.5, 0.6) is 5.75 Å². The Bertz CT molecular complexity index is 587. The fourth-order valence-corrected chi connectivity index (χ4v) is 1.87. The molecule has 0 aliphatic carbocycles. The van der Waals surface area contributed by atoms with Gasteiger partial charge in [-0.15, -0.1) is 0 Å². The quantitative estimate of drug-likeness (QED) is 0.464. The number of carbonyl (C=O) groups excluding carboxylic acids is 2. The van der Waals surface area contributed by atoms with Crippen molar-refractivity contribution in [2.75, 3.05) is 7.11 Å². The molecule has 1 aromatic carbocycles. The van der Waals surface area contributed by atoms with Gasteiger partial charge in [0.15, 0.2) is 0 Å². The number of rotatable bonds is 2. The van der Waals surface area contributed by atoms with E-state index in [0.717, 1.165) is 16.9 Å². The third-order valence-electron chi connectivity index (χ3n) is 2.81. The molecule has 0 saturated carbocycles. The number of benzene rings is 1. The zero-order valence-corrected chi connectivity index (χ0v) is 11.0. The number of ether oxygens (including phenoxy) is 2. The van der Waals surface area contributed by atoms with E-state index in [-0.39, 0.29) is 0 Å². The molecule has 4 heteroatoms. The summed E-state index contributed by atoms with van der Waals surface area (Å²) in [5.74, 6) is -0.448. The summed E-state index contributed by atoms with van der Waals surface area (Å²) >= 11 is 0. The van der Waals surface area contributed by atoms with E-state index in [1.54, 1.807) is 39.2 Å². The van der Waals surface area contributed by atoms with E-state index < -0.39 is 11.9 Å². The summed E-state index contributed by atoms with van der Waals surface area (Å²) in [7, 11) is 1.59. The van der Waals surface area contributed by atoms with Gasteiger partial charge in [-0.05, 0) is 37.6 Å². The molecule has 0 atom stereocenters. The zero-order valence-electron chi connectivity index (χ0n) is 11.0. The monoisotopic (exact) mass is 258 g/mol. The molecule has 4 nitrogen and oxygen atoms in total. The van der Waals surface area contributed by atoms with Gasteiger partial charge in [0.05, 0.1) is 18.3 Å². The highest BCUT2D eigenvalue weighted by Gasteiger charge is 2.34. The van der Waals surface area contributed by atoms with E-state index in [9.17, 15) is 9.59 Å². The lowest BCUT2D eigenvalue weighted by Crippen LogP contribution is -1.97. The highest BCUT2D eigenvalue weighted by molar-refractivity contribution is 6.20. The first-order valence-corrected chi connectivity index (χ1v) is 5.83. The van der Waals surface area contributed by atoms with Crippen molar-refractivity contribution in [2.24, 2.45) is 0 Å². The Hall–Kier alpha value is -2.36. The van der Waals surface area contributed by atoms with Crippen molar-refractivity contribution in [2.45, 2.75) is 13.8 Å². The summed E-state index contributed by atoms with van der Waals surface area (Å²) in [5.41, 5.74) is 2.22. The first kappa shape index (κ1) is 13.1. The summed E-state index contributed by atoms with van der Waals surface area (Å²) in [6.45, 7) is 3.55. The number of allylic oxidation sites excluding steroid dienone is 1. The van der Waals surface area contributed by atoms with Gasteiger partial charge in [-0.1, -0.05) is 17.7 Å². The molecule has 1 aromatic rings. The largest absolute Gasteiger partial charge is 0.497 e. The molecule has 1 aliphatic rings. The van der Waals surface area contributed by atoms with Gasteiger partial charge in [0.1, 0.15) is 5.75 Å². The van der Waals surface area contributed by atoms with Crippen LogP contribution in [0.2, 0.25) is 0 Å². The van der Waals surface area contributed by atoms with E-state index in [2.05, 4.69) is 4.74 Å². The summed E-state index contributed by atoms with van der Waals surface area (Å²) in [6, 6.07) is 7.20. The molecule has 1 saturated heterocycles. The van der Waals surface area contributed by atoms with Gasteiger partial charge in [-0.3, -0.25) is 0 Å². The molecular formula is C15H14O4. The van der Waals surface area contributed by atoms with E-state index in [1.165, 1.54) is 0 Å². The van der Waals surface area contributed by atoms with Gasteiger partial charge in [-0.2, -0.15) is 0 Å². The molecule has 0 spiro atoms. The minimum absolute atomic E-state index is 0.301. The second-order valence-electron chi connectivity index (χ2n) is 4.38. The van der Waals surface area contributed by atoms with Gasteiger partial charge in [0, 0.05) is 0 Å². The third kappa shape index (κ3) is 2.57. The van der Waals surface area contributed by atoms with Crippen molar-refractivity contribution < 1.29 is 19.1 Å². The predicted molar refractivity (Wildman–Crippen MR) is 70.4 cm³/mol. The number of methoxy groups -OCH3 is 1. The summed E-state index contributed by atoms with van der Waals surface area (Å²) < 4.78 is 9.70. The molecule has 1 aliphatic heterocycles. The maximum Gasteiger partial charge on any atom is 0.346 e. The van der Waals surface area contributed by atoms with E-state index >= 15 is 0 Å². The fourth-order valence-electron chi connectivity index (χ4n) is 1.87. The fraction of sp³-hybridized carbons (Fsp3) is 0.200. The Kier molecular flexibility index (Phi) is 3.51. The van der Waals surface area contributed by atoms with Crippen LogP contribution in [0.15, 0.2) is 41.0 Å². The van der Waals surface area contributed by atoms with Gasteiger partial charge in [-0.25, -0.2) is 9.59 Å². The third-order valence-corrected chi connectivity index (χ3v) is 2.81. The van der Waals surface area contributed by atoms with Gasteiger partial charge in [0.25, 0.3) is 0 Å². The Morgan fingerprint density at radius 1 is 1.11 bits per heavy atom. The lowest BCUT2D eigenvalue weighted by Gasteiger charge is -2.01. The molecule has 0 aromatic heterocycles. The molecule has 0 amide bonds. The first-order chi connectivity index (χ1) is 9.02. The highest BCUT2D eigenvalue weighted by Crippen LogP contribution is 2.27. The summed E-state index contributed by atoms with van der Waals surface area (Å²) in [6.07, 6.45) is 1.65. The smallest absolute Gasteiger partial charge is 0.346 e. The molecule has 1 heterocycles. The van der Waals surface area contributed by atoms with Crippen LogP contribution < -0.4 is 4.74 Å². The normalized spacial score (nSPS) is 16.8. The minimum Gasteiger partial charge on any atom is -0.497 e. The molecule has 0 unspecified atom stereocenters. The molecule has 19 heavy (non-hydrogen) atoms. The molecule has 98 valence electrons. The first-order valence-electron chi connectivity index (χ1n) is 5.83. The van der Waals surface area contributed by atoms with Crippen molar-refractivity contribution in [1.82, 2.24) is 0 Å². The second kappa shape index (κ2) is 5.10. The van der Waals surface area contributed by atoms with Crippen LogP contribution in [0.3, 0.4) is 0 Å². The van der Waals surface area contributed by atoms with Crippen molar-refractivity contribution in [3.05, 3.63) is 46.5 Å². The number of carbonyl (C=O) groups is 2. The molecule has 2 rings (SSSR count). The lowest BCUT2D eigenvalue weighted by molar-refractivity contribution is -0.149. The SMILES string of the molecule is COc1ccc(/C=C2\C(=O)OC(=O)C2=C(C)C)cc1. The molecule has 0 radical (unpaired) electrons. The number of hydrogen-bond donors (Lipinski definition) is 0. The molecule has 1 fully saturated rings. The maximum absolute atomic E-state index is 11.7. The summed E-state index contributed by atoms with van der Waals surface area (Å²) in [4.78, 5) is 23.2. The molecule has 0 N–H and O–H groups in total. The summed E-state index contributed by atoms with van der Waals surface area (Å²) in [5, 5.41) is 0. The Morgan fingerprint density at radius 2 is 1.74 bits per heavy atom. The Morgan fingerprint density at radius 3 is 2.26 bits per heavy atom. The van der Waals surface area contributed by atoms with Crippen LogP contribution in [-0.2, 0) is 14.3 Å². The van der Waals surface area contributed by atoms with Gasteiger partial charge >= 0.3 is 11.9 Å². The zero-order chi connectivity index (χ0) is 14.0. The highest BCUT2D eigenvalue weighted by atomic mass is 16.6. The standard InChI is InChI=1S/C15H14O4/c1-9(2)13-12(14(16)19-15(13)17)8-10-4-6-11(18-3)7-5-10/h4-8H,1-3H3/b12-8-. The van der Waals surface area contributed by atoms with E-state index in [0.29, 0.717) is 11.1 Å². The Balaban J connectivity index is 2.43. The van der Waals surface area contributed by atoms with Crippen LogP contribution in [0.1, 0.15) is 19.4 Å². The molecular weight excluding hydrogens is 244 g/mol. The average Bonchev–Trinajstić information content (AvgIpc) is 2.65. The number of cyclic esters (lactones) is 2.